The minimum Gasteiger partial charge on any atom is -0.493 e. The van der Waals surface area contributed by atoms with Crippen LogP contribution in [0.25, 0.3) is 0 Å². The Bertz CT molecular complexity index is 309. The smallest absolute Gasteiger partial charge is 0.303 e. The molecule has 16 heavy (non-hydrogen) atoms. The van der Waals surface area contributed by atoms with Crippen LogP contribution in [0, 0.1) is 0 Å². The zero-order valence-corrected chi connectivity index (χ0v) is 9.64. The van der Waals surface area contributed by atoms with Gasteiger partial charge < -0.3 is 18.9 Å². The molecule has 0 spiro atoms. The fraction of sp³-hybridized carbons (Fsp3) is 0.727. The molecule has 0 aromatic rings. The van der Waals surface area contributed by atoms with E-state index in [2.05, 4.69) is 0 Å². The average molecular weight is 228 g/mol. The fourth-order valence-electron chi connectivity index (χ4n) is 1.84. The van der Waals surface area contributed by atoms with Crippen molar-refractivity contribution in [2.24, 2.45) is 0 Å². The molecule has 0 N–H and O–H groups in total. The van der Waals surface area contributed by atoms with Gasteiger partial charge in [-0.05, 0) is 19.9 Å². The summed E-state index contributed by atoms with van der Waals surface area (Å²) in [5.74, 6) is -1.00. The van der Waals surface area contributed by atoms with Crippen LogP contribution in [0.1, 0.15) is 20.8 Å². The van der Waals surface area contributed by atoms with Gasteiger partial charge in [-0.1, -0.05) is 0 Å². The van der Waals surface area contributed by atoms with Gasteiger partial charge in [-0.15, -0.1) is 0 Å². The van der Waals surface area contributed by atoms with E-state index < -0.39 is 11.9 Å². The second-order valence-corrected chi connectivity index (χ2v) is 4.37. The summed E-state index contributed by atoms with van der Waals surface area (Å²) in [4.78, 5) is 11.0. The van der Waals surface area contributed by atoms with Crippen molar-refractivity contribution in [2.75, 3.05) is 6.61 Å². The van der Waals surface area contributed by atoms with Crippen molar-refractivity contribution in [2.45, 2.75) is 44.9 Å². The summed E-state index contributed by atoms with van der Waals surface area (Å²) in [5, 5.41) is 0. The molecule has 0 amide bonds. The lowest BCUT2D eigenvalue weighted by Crippen LogP contribution is -2.55. The topological polar surface area (TPSA) is 54.0 Å². The van der Waals surface area contributed by atoms with Crippen LogP contribution in [-0.4, -0.2) is 36.7 Å². The molecule has 0 aromatic carbocycles. The maximum Gasteiger partial charge on any atom is 0.303 e. The van der Waals surface area contributed by atoms with E-state index in [1.165, 1.54) is 13.2 Å². The molecule has 2 rings (SSSR count). The molecule has 2 aliphatic heterocycles. The number of carbonyl (C=O) groups excluding carboxylic acids is 1. The highest BCUT2D eigenvalue weighted by atomic mass is 16.7. The second-order valence-electron chi connectivity index (χ2n) is 4.37. The Hall–Kier alpha value is -1.07. The van der Waals surface area contributed by atoms with Crippen LogP contribution in [0.3, 0.4) is 0 Å². The van der Waals surface area contributed by atoms with Crippen molar-refractivity contribution >= 4 is 5.97 Å². The summed E-state index contributed by atoms with van der Waals surface area (Å²) in [7, 11) is 0. The molecule has 0 saturated carbocycles. The van der Waals surface area contributed by atoms with Gasteiger partial charge in [0.05, 0.1) is 12.9 Å². The van der Waals surface area contributed by atoms with Gasteiger partial charge in [0, 0.05) is 6.92 Å². The van der Waals surface area contributed by atoms with Crippen molar-refractivity contribution in [1.82, 2.24) is 0 Å². The first-order chi connectivity index (χ1) is 7.48. The van der Waals surface area contributed by atoms with E-state index in [0.717, 1.165) is 0 Å². The lowest BCUT2D eigenvalue weighted by Gasteiger charge is -2.43. The van der Waals surface area contributed by atoms with Crippen molar-refractivity contribution in [3.8, 4) is 0 Å². The predicted octanol–water partition coefficient (Wildman–Crippen LogP) is 0.982. The van der Waals surface area contributed by atoms with Crippen LogP contribution in [0.15, 0.2) is 12.3 Å². The molecule has 1 fully saturated rings. The number of carbonyl (C=O) groups is 1. The van der Waals surface area contributed by atoms with Crippen LogP contribution in [0.5, 0.6) is 0 Å². The third-order valence-electron chi connectivity index (χ3n) is 2.53. The normalized spacial score (nSPS) is 36.1. The van der Waals surface area contributed by atoms with E-state index in [9.17, 15) is 4.79 Å². The van der Waals surface area contributed by atoms with Gasteiger partial charge in [-0.2, -0.15) is 0 Å². The molecule has 5 heteroatoms. The highest BCUT2D eigenvalue weighted by Gasteiger charge is 2.44. The van der Waals surface area contributed by atoms with Gasteiger partial charge in [-0.25, -0.2) is 0 Å². The predicted molar refractivity (Wildman–Crippen MR) is 54.5 cm³/mol. The third kappa shape index (κ3) is 2.36. The number of esters is 1. The molecule has 2 heterocycles. The van der Waals surface area contributed by atoms with E-state index in [-0.39, 0.29) is 18.2 Å². The van der Waals surface area contributed by atoms with Crippen LogP contribution in [0.2, 0.25) is 0 Å². The van der Waals surface area contributed by atoms with Crippen molar-refractivity contribution in [1.29, 1.82) is 0 Å². The number of fused-ring (bicyclic) bond motifs is 1. The van der Waals surface area contributed by atoms with Gasteiger partial charge in [0.2, 0.25) is 0 Å². The zero-order chi connectivity index (χ0) is 11.8. The van der Waals surface area contributed by atoms with Crippen molar-refractivity contribution in [3.05, 3.63) is 12.3 Å². The van der Waals surface area contributed by atoms with E-state index in [1.54, 1.807) is 6.08 Å². The molecular weight excluding hydrogens is 212 g/mol. The summed E-state index contributed by atoms with van der Waals surface area (Å²) in [6.07, 6.45) is 2.28. The third-order valence-corrected chi connectivity index (χ3v) is 2.53. The fourth-order valence-corrected chi connectivity index (χ4v) is 1.84. The molecule has 0 aliphatic carbocycles. The summed E-state index contributed by atoms with van der Waals surface area (Å²) < 4.78 is 21.7. The highest BCUT2D eigenvalue weighted by Crippen LogP contribution is 2.29. The number of hydrogen-bond donors (Lipinski definition) is 0. The van der Waals surface area contributed by atoms with Crippen LogP contribution >= 0.6 is 0 Å². The second kappa shape index (κ2) is 4.07. The van der Waals surface area contributed by atoms with Gasteiger partial charge in [0.15, 0.2) is 18.0 Å². The quantitative estimate of drug-likeness (QED) is 0.626. The summed E-state index contributed by atoms with van der Waals surface area (Å²) in [6, 6.07) is 0. The van der Waals surface area contributed by atoms with E-state index in [1.807, 2.05) is 13.8 Å². The molecule has 0 aromatic heterocycles. The highest BCUT2D eigenvalue weighted by molar-refractivity contribution is 5.66. The lowest BCUT2D eigenvalue weighted by molar-refractivity contribution is -0.319. The molecular formula is C11H16O5. The van der Waals surface area contributed by atoms with Crippen LogP contribution in [-0.2, 0) is 23.7 Å². The molecule has 5 nitrogen and oxygen atoms in total. The Balaban J connectivity index is 2.11. The van der Waals surface area contributed by atoms with Crippen molar-refractivity contribution < 1.29 is 23.7 Å². The first kappa shape index (κ1) is 11.4. The minimum atomic E-state index is -0.673. The summed E-state index contributed by atoms with van der Waals surface area (Å²) in [6.45, 7) is 5.46. The first-order valence-corrected chi connectivity index (χ1v) is 5.29. The van der Waals surface area contributed by atoms with E-state index >= 15 is 0 Å². The Morgan fingerprint density at radius 3 is 2.94 bits per heavy atom. The molecule has 0 bridgehead atoms. The number of ether oxygens (including phenoxy) is 4. The Morgan fingerprint density at radius 2 is 2.25 bits per heavy atom. The van der Waals surface area contributed by atoms with Gasteiger partial charge in [0.1, 0.15) is 6.10 Å². The molecule has 90 valence electrons. The molecule has 1 saturated heterocycles. The van der Waals surface area contributed by atoms with E-state index in [4.69, 9.17) is 18.9 Å². The first-order valence-electron chi connectivity index (χ1n) is 5.29. The van der Waals surface area contributed by atoms with Gasteiger partial charge in [-0.3, -0.25) is 4.79 Å². The van der Waals surface area contributed by atoms with Gasteiger partial charge in [0.25, 0.3) is 0 Å². The Labute approximate surface area is 94.3 Å². The zero-order valence-electron chi connectivity index (χ0n) is 9.64. The van der Waals surface area contributed by atoms with Crippen molar-refractivity contribution in [3.63, 3.8) is 0 Å². The largest absolute Gasteiger partial charge is 0.493 e. The lowest BCUT2D eigenvalue weighted by atomic mass is 10.0. The molecule has 0 unspecified atom stereocenters. The molecule has 2 aliphatic rings. The summed E-state index contributed by atoms with van der Waals surface area (Å²) in [5.41, 5.74) is 0. The number of hydrogen-bond acceptors (Lipinski definition) is 5. The van der Waals surface area contributed by atoms with E-state index in [0.29, 0.717) is 6.61 Å². The molecule has 3 atom stereocenters. The van der Waals surface area contributed by atoms with Crippen LogP contribution in [0.4, 0.5) is 0 Å². The van der Waals surface area contributed by atoms with Crippen LogP contribution < -0.4 is 0 Å². The average Bonchev–Trinajstić information content (AvgIpc) is 2.17. The maximum absolute atomic E-state index is 11.0. The SMILES string of the molecule is CC(=O)O[C@@H]1C=CO[C@H]2COC(C)(C)O[C@@H]21. The van der Waals surface area contributed by atoms with Gasteiger partial charge >= 0.3 is 5.97 Å². The minimum absolute atomic E-state index is 0.220. The Morgan fingerprint density at radius 1 is 1.50 bits per heavy atom. The number of rotatable bonds is 1. The summed E-state index contributed by atoms with van der Waals surface area (Å²) >= 11 is 0. The molecule has 0 radical (unpaired) electrons. The standard InChI is InChI=1S/C11H16O5/c1-7(12)15-8-4-5-13-9-6-14-11(2,3)16-10(8)9/h4-5,8-10H,6H2,1-3H3/t8-,9+,10-/m1/s1. The monoisotopic (exact) mass is 228 g/mol. The Kier molecular flexibility index (Phi) is 2.90. The maximum atomic E-state index is 11.0.